The Morgan fingerprint density at radius 3 is 1.69 bits per heavy atom. The molecule has 4 unspecified atom stereocenters. The van der Waals surface area contributed by atoms with Crippen molar-refractivity contribution < 1.29 is 77.0 Å². The van der Waals surface area contributed by atoms with E-state index in [4.69, 9.17) is 27.8 Å². The van der Waals surface area contributed by atoms with Gasteiger partial charge >= 0.3 is 6.03 Å². The second-order valence-electron chi connectivity index (χ2n) is 29.5. The number of urea groups is 1. The topological polar surface area (TPSA) is 505 Å². The van der Waals surface area contributed by atoms with Gasteiger partial charge in [0.15, 0.2) is 0 Å². The molecule has 2 fully saturated rings. The summed E-state index contributed by atoms with van der Waals surface area (Å²) >= 11 is 6.27. The summed E-state index contributed by atoms with van der Waals surface area (Å²) in [7, 11) is 0. The largest absolute Gasteiger partial charge is 0.394 e. The van der Waals surface area contributed by atoms with Crippen LogP contribution in [0.2, 0.25) is 5.02 Å². The Morgan fingerprint density at radius 1 is 0.590 bits per heavy atom. The van der Waals surface area contributed by atoms with Gasteiger partial charge in [0, 0.05) is 79.9 Å². The maximum Gasteiger partial charge on any atom is 0.322 e. The molecule has 0 aliphatic carbocycles. The van der Waals surface area contributed by atoms with E-state index >= 15 is 4.79 Å². The highest BCUT2D eigenvalue weighted by atomic mass is 35.5. The number of imide groups is 1. The molecule has 2 saturated heterocycles. The number of rotatable bonds is 44. The summed E-state index contributed by atoms with van der Waals surface area (Å²) in [6.07, 6.45) is 3.85. The van der Waals surface area contributed by atoms with Gasteiger partial charge in [0.25, 0.3) is 0 Å². The number of nitrogens with two attached hydrogens (primary N) is 2. The number of aliphatic hydroxyl groups excluding tert-OH is 1. The third-order valence-corrected chi connectivity index (χ3v) is 19.6. The molecule has 8 rings (SSSR count). The van der Waals surface area contributed by atoms with Crippen molar-refractivity contribution in [1.29, 1.82) is 0 Å². The third-order valence-electron chi connectivity index (χ3n) is 19.4. The summed E-state index contributed by atoms with van der Waals surface area (Å²) in [5.74, 6) is -10.4. The van der Waals surface area contributed by atoms with Crippen LogP contribution in [-0.4, -0.2) is 204 Å². The monoisotopic (exact) mass is 1630 g/mol. The summed E-state index contributed by atoms with van der Waals surface area (Å²) in [6, 6.07) is 21.2. The highest BCUT2D eigenvalue weighted by Gasteiger charge is 2.44. The number of anilines is 2. The number of halogens is 1. The number of hydrogen-bond donors (Lipinski definition) is 17. The van der Waals surface area contributed by atoms with Crippen molar-refractivity contribution >= 4 is 117 Å². The number of primary amides is 1. The number of amides is 15. The Bertz CT molecular complexity index is 4430. The molecule has 117 heavy (non-hydrogen) atoms. The zero-order chi connectivity index (χ0) is 84.7. The second kappa shape index (κ2) is 45.4. The van der Waals surface area contributed by atoms with Gasteiger partial charge in [-0.3, -0.25) is 72.6 Å². The fourth-order valence-corrected chi connectivity index (χ4v) is 13.7. The number of aliphatic hydroxyl groups is 1. The van der Waals surface area contributed by atoms with Crippen LogP contribution in [0, 0.1) is 5.92 Å². The minimum absolute atomic E-state index is 0.0113. The highest BCUT2D eigenvalue weighted by molar-refractivity contribution is 6.30. The number of hydrogen-bond acceptors (Lipinski definition) is 20. The first-order valence-electron chi connectivity index (χ1n) is 38.8. The summed E-state index contributed by atoms with van der Waals surface area (Å²) in [5.41, 5.74) is 14.1. The molecule has 2 aliphatic heterocycles. The Morgan fingerprint density at radius 2 is 1.14 bits per heavy atom. The summed E-state index contributed by atoms with van der Waals surface area (Å²) in [5, 5.41) is 50.7. The number of carbonyl (C=O) groups is 14. The smallest absolute Gasteiger partial charge is 0.322 e. The normalized spacial score (nSPS) is 16.3. The van der Waals surface area contributed by atoms with Crippen LogP contribution in [0.25, 0.3) is 10.8 Å². The average Bonchev–Trinajstić information content (AvgIpc) is 1.66. The molecule has 34 nitrogen and oxygen atoms in total. The van der Waals surface area contributed by atoms with Crippen molar-refractivity contribution in [1.82, 2.24) is 73.7 Å². The Balaban J connectivity index is 1.07. The van der Waals surface area contributed by atoms with E-state index in [1.807, 2.05) is 70.2 Å². The van der Waals surface area contributed by atoms with Crippen LogP contribution in [-0.2, 0) is 99.2 Å². The molecular formula is C82H105ClN18O16. The van der Waals surface area contributed by atoms with Gasteiger partial charge < -0.3 is 95.3 Å². The van der Waals surface area contributed by atoms with Crippen LogP contribution in [0.15, 0.2) is 140 Å². The number of likely N-dealkylation sites (tertiary alicyclic amines) is 1. The number of nitrogens with zero attached hydrogens (tertiary/aromatic N) is 2. The fourth-order valence-electron chi connectivity index (χ4n) is 13.6. The zero-order valence-electron chi connectivity index (χ0n) is 65.9. The maximum atomic E-state index is 15.3. The van der Waals surface area contributed by atoms with Gasteiger partial charge in [0.1, 0.15) is 61.1 Å². The van der Waals surface area contributed by atoms with Crippen LogP contribution in [0.3, 0.4) is 0 Å². The first-order valence-corrected chi connectivity index (χ1v) is 39.2. The predicted molar refractivity (Wildman–Crippen MR) is 435 cm³/mol. The molecule has 626 valence electrons. The van der Waals surface area contributed by atoms with E-state index in [2.05, 4.69) is 79.4 Å². The van der Waals surface area contributed by atoms with Gasteiger partial charge in [-0.05, 0) is 132 Å². The first kappa shape index (κ1) is 90.6. The molecule has 5 aromatic carbocycles. The van der Waals surface area contributed by atoms with Crippen LogP contribution >= 0.6 is 11.6 Å². The highest BCUT2D eigenvalue weighted by Crippen LogP contribution is 2.31. The fraction of sp³-hybridized carbons (Fsp3) is 0.427. The van der Waals surface area contributed by atoms with Gasteiger partial charge in [-0.25, -0.2) is 4.79 Å². The Kier molecular flexibility index (Phi) is 35.1. The number of benzene rings is 5. The van der Waals surface area contributed by atoms with Crippen LogP contribution in [0.5, 0.6) is 0 Å². The number of pyridine rings is 1. The van der Waals surface area contributed by atoms with Gasteiger partial charge in [-0.1, -0.05) is 124 Å². The van der Waals surface area contributed by atoms with Crippen molar-refractivity contribution in [3.05, 3.63) is 173 Å². The molecular weight excluding hydrogens is 1530 g/mol. The molecule has 2 aliphatic rings. The van der Waals surface area contributed by atoms with Crippen LogP contribution < -0.4 is 85.9 Å². The van der Waals surface area contributed by atoms with E-state index in [-0.39, 0.29) is 76.1 Å². The number of carbonyl (C=O) groups excluding carboxylic acids is 14. The molecule has 0 bridgehead atoms. The van der Waals surface area contributed by atoms with E-state index in [0.717, 1.165) is 10.8 Å². The Labute approximate surface area is 682 Å². The lowest BCUT2D eigenvalue weighted by Crippen LogP contribution is -2.61. The molecule has 0 spiro atoms. The molecule has 3 heterocycles. The summed E-state index contributed by atoms with van der Waals surface area (Å²) in [6.45, 7) is 7.38. The number of ether oxygens (including phenoxy) is 1. The quantitative estimate of drug-likeness (QED) is 0.0187. The standard InChI is InChI=1S/C82H105ClN18O16/c1-47(2)33-60-29-30-69(80(114)88-42-70(85)104)101(60)81(115)61(14-8-9-32-87-48(3)4)93-72(106)43-89-73(107)62(35-51-18-25-58(26-19-51)90-46-117-45-84)94-76(110)65(37-52-20-27-59(28-21-52)92-74(108)67-40-71(105)100-82(116)99-67)97-79(113)68(44-102)98-78(112)66(39-54-11-10-31-86-41-54)96-77(111)64(36-50-16-23-57(83)24-17-50)95-75(109)63(91-49(5)103)38-53-15-22-55-12-6-7-13-56(55)34-53/h6-7,10-13,15-28,31,34,41,47-48,60-69,87,90,102H,8-9,14,29-30,32-33,35-40,42-46,84H2,1-5H3,(H2,85,104)(H,88,114)(H,89,107)(H,91,103)(H,92,108)(H,93,106)(H,94,110)(H,95,109)(H,96,111)(H,97,113)(H,98,112)(H2,99,100,105,116)/t60?,61?,62-,63?,64-,65+,66?,67+,68+,69+/m1/s1. The van der Waals surface area contributed by atoms with Gasteiger partial charge in [-0.2, -0.15) is 0 Å². The average molecular weight is 1630 g/mol. The van der Waals surface area contributed by atoms with E-state index < -0.39 is 169 Å². The molecule has 0 saturated carbocycles. The van der Waals surface area contributed by atoms with Crippen LogP contribution in [0.1, 0.15) is 107 Å². The molecule has 10 atom stereocenters. The molecule has 0 radical (unpaired) electrons. The molecule has 1 aromatic heterocycles. The van der Waals surface area contributed by atoms with Crippen molar-refractivity contribution in [2.75, 3.05) is 50.3 Å². The van der Waals surface area contributed by atoms with Gasteiger partial charge in [0.2, 0.25) is 76.8 Å². The summed E-state index contributed by atoms with van der Waals surface area (Å²) in [4.78, 5) is 200. The van der Waals surface area contributed by atoms with E-state index in [1.165, 1.54) is 48.5 Å². The third kappa shape index (κ3) is 29.4. The SMILES string of the molecule is CC(=O)NC(Cc1ccc2ccccc2c1)C(=O)N[C@H](Cc1ccc(Cl)cc1)C(=O)NC(Cc1cccnc1)C(=O)N[C@@H](CO)C(=O)N[C@@H](Cc1ccc(NC(=O)[C@@H]2CC(=O)NC(=O)N2)cc1)C(=O)N[C@H](Cc1ccc(NCOCN)cc1)C(=O)NCC(=O)NC(CCCCNC(C)C)C(=O)N1C(CC(C)C)CC[C@H]1C(=O)NCC(N)=O. The van der Waals surface area contributed by atoms with Crippen molar-refractivity contribution in [2.24, 2.45) is 17.4 Å². The molecule has 15 amide bonds. The second-order valence-corrected chi connectivity index (χ2v) is 30.0. The van der Waals surface area contributed by atoms with E-state index in [0.29, 0.717) is 70.8 Å². The Hall–Kier alpha value is -12.0. The molecule has 6 aromatic rings. The number of fused-ring (bicyclic) bond motifs is 1. The van der Waals surface area contributed by atoms with E-state index in [1.54, 1.807) is 60.7 Å². The van der Waals surface area contributed by atoms with E-state index in [9.17, 15) is 67.4 Å². The number of nitrogens with one attached hydrogen (secondary N) is 14. The number of unbranched alkanes of at least 4 members (excludes halogenated alkanes) is 1. The first-order chi connectivity index (χ1) is 56.0. The lowest BCUT2D eigenvalue weighted by atomic mass is 9.99. The van der Waals surface area contributed by atoms with Gasteiger partial charge in [-0.15, -0.1) is 0 Å². The lowest BCUT2D eigenvalue weighted by molar-refractivity contribution is -0.144. The van der Waals surface area contributed by atoms with Crippen LogP contribution in [0.4, 0.5) is 16.2 Å². The predicted octanol–water partition coefficient (Wildman–Crippen LogP) is 0.938. The van der Waals surface area contributed by atoms with Crippen molar-refractivity contribution in [2.45, 2.75) is 178 Å². The number of aromatic nitrogens is 1. The minimum atomic E-state index is -1.90. The molecule has 35 heteroatoms. The zero-order valence-corrected chi connectivity index (χ0v) is 66.7. The van der Waals surface area contributed by atoms with Crippen molar-refractivity contribution in [3.63, 3.8) is 0 Å². The summed E-state index contributed by atoms with van der Waals surface area (Å²) < 4.78 is 5.24. The van der Waals surface area contributed by atoms with Gasteiger partial charge in [0.05, 0.1) is 32.8 Å². The molecule has 19 N–H and O–H groups in total. The maximum absolute atomic E-state index is 15.3. The lowest BCUT2D eigenvalue weighted by Gasteiger charge is -2.34. The van der Waals surface area contributed by atoms with Crippen molar-refractivity contribution in [3.8, 4) is 0 Å². The minimum Gasteiger partial charge on any atom is -0.394 e.